The van der Waals surface area contributed by atoms with Gasteiger partial charge in [0.05, 0.1) is 0 Å². The molecule has 0 spiro atoms. The van der Waals surface area contributed by atoms with Gasteiger partial charge in [0.15, 0.2) is 0 Å². The summed E-state index contributed by atoms with van der Waals surface area (Å²) in [6.07, 6.45) is 5.26. The number of hydrogen-bond donors (Lipinski definition) is 1. The first-order chi connectivity index (χ1) is 6.24. The Kier molecular flexibility index (Phi) is 14.2. The van der Waals surface area contributed by atoms with E-state index in [2.05, 4.69) is 33.1 Å². The normalized spacial score (nSPS) is 14.3. The molecule has 0 bridgehead atoms. The summed E-state index contributed by atoms with van der Waals surface area (Å²) >= 11 is 0. The van der Waals surface area contributed by atoms with Crippen molar-refractivity contribution in [2.24, 2.45) is 5.92 Å². The van der Waals surface area contributed by atoms with Crippen LogP contribution in [0.15, 0.2) is 0 Å². The van der Waals surface area contributed by atoms with Crippen molar-refractivity contribution < 1.29 is 0 Å². The van der Waals surface area contributed by atoms with Crippen LogP contribution in [-0.4, -0.2) is 13.1 Å². The van der Waals surface area contributed by atoms with Crippen LogP contribution in [0.2, 0.25) is 0 Å². The van der Waals surface area contributed by atoms with Crippen LogP contribution >= 0.6 is 0 Å². The van der Waals surface area contributed by atoms with E-state index >= 15 is 0 Å². The highest BCUT2D eigenvalue weighted by Crippen LogP contribution is 2.12. The van der Waals surface area contributed by atoms with E-state index in [1.54, 1.807) is 0 Å². The monoisotopic (exact) mass is 187 g/mol. The molecule has 0 aromatic carbocycles. The molecule has 0 saturated carbocycles. The fourth-order valence-electron chi connectivity index (χ4n) is 1.38. The van der Waals surface area contributed by atoms with Crippen LogP contribution in [0, 0.1) is 5.92 Å². The van der Waals surface area contributed by atoms with E-state index in [-0.39, 0.29) is 0 Å². The molecule has 2 unspecified atom stereocenters. The van der Waals surface area contributed by atoms with Crippen molar-refractivity contribution in [1.29, 1.82) is 0 Å². The molecule has 0 aliphatic rings. The molecule has 1 nitrogen and oxygen atoms in total. The fraction of sp³-hybridized carbons (Fsp3) is 1.00. The lowest BCUT2D eigenvalue weighted by Gasteiger charge is -2.18. The summed E-state index contributed by atoms with van der Waals surface area (Å²) in [5.74, 6) is 0.874. The Morgan fingerprint density at radius 1 is 1.15 bits per heavy atom. The SMILES string of the molecule is CC.CCCC(CC(C)CC)NC. The van der Waals surface area contributed by atoms with Crippen molar-refractivity contribution in [2.45, 2.75) is 66.3 Å². The molecule has 0 radical (unpaired) electrons. The quantitative estimate of drug-likeness (QED) is 0.666. The highest BCUT2D eigenvalue weighted by Gasteiger charge is 2.08. The largest absolute Gasteiger partial charge is 0.317 e. The van der Waals surface area contributed by atoms with Crippen molar-refractivity contribution in [1.82, 2.24) is 5.32 Å². The minimum Gasteiger partial charge on any atom is -0.317 e. The van der Waals surface area contributed by atoms with Gasteiger partial charge >= 0.3 is 0 Å². The number of nitrogens with one attached hydrogen (secondary N) is 1. The van der Waals surface area contributed by atoms with Gasteiger partial charge in [-0.3, -0.25) is 0 Å². The van der Waals surface area contributed by atoms with Gasteiger partial charge in [-0.05, 0) is 25.8 Å². The minimum atomic E-state index is 0.745. The van der Waals surface area contributed by atoms with Gasteiger partial charge in [0.2, 0.25) is 0 Å². The zero-order valence-electron chi connectivity index (χ0n) is 10.5. The molecule has 1 heteroatoms. The predicted octanol–water partition coefficient (Wildman–Crippen LogP) is 3.84. The topological polar surface area (TPSA) is 12.0 Å². The van der Waals surface area contributed by atoms with Gasteiger partial charge < -0.3 is 5.32 Å². The lowest BCUT2D eigenvalue weighted by molar-refractivity contribution is 0.393. The lowest BCUT2D eigenvalue weighted by Crippen LogP contribution is -2.26. The maximum Gasteiger partial charge on any atom is 0.00664 e. The Labute approximate surface area is 85.3 Å². The van der Waals surface area contributed by atoms with E-state index in [4.69, 9.17) is 0 Å². The van der Waals surface area contributed by atoms with Crippen LogP contribution in [0.4, 0.5) is 0 Å². The molecule has 1 N–H and O–H groups in total. The molecule has 13 heavy (non-hydrogen) atoms. The van der Waals surface area contributed by atoms with Crippen LogP contribution < -0.4 is 5.32 Å². The van der Waals surface area contributed by atoms with E-state index in [1.165, 1.54) is 25.7 Å². The predicted molar refractivity (Wildman–Crippen MR) is 63.2 cm³/mol. The third-order valence-electron chi connectivity index (χ3n) is 2.43. The Bertz CT molecular complexity index is 81.2. The van der Waals surface area contributed by atoms with Gasteiger partial charge in [0.25, 0.3) is 0 Å². The Morgan fingerprint density at radius 3 is 2.00 bits per heavy atom. The molecule has 0 saturated heterocycles. The van der Waals surface area contributed by atoms with Crippen LogP contribution in [0.1, 0.15) is 60.3 Å². The fourth-order valence-corrected chi connectivity index (χ4v) is 1.38. The average molecular weight is 187 g/mol. The molecule has 82 valence electrons. The molecule has 0 fully saturated rings. The number of rotatable bonds is 6. The van der Waals surface area contributed by atoms with E-state index in [0.717, 1.165) is 12.0 Å². The maximum absolute atomic E-state index is 3.37. The molecule has 2 atom stereocenters. The summed E-state index contributed by atoms with van der Waals surface area (Å²) in [6.45, 7) is 10.9. The van der Waals surface area contributed by atoms with E-state index in [1.807, 2.05) is 13.8 Å². The Balaban J connectivity index is 0. The standard InChI is InChI=1S/C10H23N.C2H6/c1-5-7-10(11-4)8-9(3)6-2;1-2/h9-11H,5-8H2,1-4H3;1-2H3. The Hall–Kier alpha value is -0.0400. The second-order valence-corrected chi connectivity index (χ2v) is 3.52. The van der Waals surface area contributed by atoms with Gasteiger partial charge in [-0.1, -0.05) is 47.5 Å². The molecular weight excluding hydrogens is 158 g/mol. The van der Waals surface area contributed by atoms with Gasteiger partial charge in [-0.2, -0.15) is 0 Å². The van der Waals surface area contributed by atoms with Crippen LogP contribution in [0.5, 0.6) is 0 Å². The molecule has 0 heterocycles. The van der Waals surface area contributed by atoms with Crippen LogP contribution in [0.25, 0.3) is 0 Å². The maximum atomic E-state index is 3.37. The van der Waals surface area contributed by atoms with Crippen LogP contribution in [-0.2, 0) is 0 Å². The summed E-state index contributed by atoms with van der Waals surface area (Å²) in [7, 11) is 2.07. The van der Waals surface area contributed by atoms with E-state index in [0.29, 0.717) is 0 Å². The Morgan fingerprint density at radius 2 is 1.69 bits per heavy atom. The van der Waals surface area contributed by atoms with Crippen LogP contribution in [0.3, 0.4) is 0 Å². The summed E-state index contributed by atoms with van der Waals surface area (Å²) in [6, 6.07) is 0.745. The van der Waals surface area contributed by atoms with Crippen molar-refractivity contribution >= 4 is 0 Å². The average Bonchev–Trinajstić information content (AvgIpc) is 2.20. The summed E-state index contributed by atoms with van der Waals surface area (Å²) < 4.78 is 0. The molecule has 0 amide bonds. The summed E-state index contributed by atoms with van der Waals surface area (Å²) in [4.78, 5) is 0. The second kappa shape index (κ2) is 12.0. The molecule has 0 aliphatic heterocycles. The lowest BCUT2D eigenvalue weighted by atomic mass is 9.97. The van der Waals surface area contributed by atoms with Crippen molar-refractivity contribution in [2.75, 3.05) is 7.05 Å². The smallest absolute Gasteiger partial charge is 0.00664 e. The first kappa shape index (κ1) is 15.4. The third-order valence-corrected chi connectivity index (χ3v) is 2.43. The first-order valence-electron chi connectivity index (χ1n) is 5.91. The van der Waals surface area contributed by atoms with Gasteiger partial charge in [0.1, 0.15) is 0 Å². The molecule has 0 aliphatic carbocycles. The van der Waals surface area contributed by atoms with Gasteiger partial charge in [-0.15, -0.1) is 0 Å². The summed E-state index contributed by atoms with van der Waals surface area (Å²) in [5.41, 5.74) is 0. The third kappa shape index (κ3) is 9.88. The van der Waals surface area contributed by atoms with Gasteiger partial charge in [-0.25, -0.2) is 0 Å². The second-order valence-electron chi connectivity index (χ2n) is 3.52. The first-order valence-corrected chi connectivity index (χ1v) is 5.91. The van der Waals surface area contributed by atoms with Crippen molar-refractivity contribution in [3.63, 3.8) is 0 Å². The zero-order valence-corrected chi connectivity index (χ0v) is 10.5. The zero-order chi connectivity index (χ0) is 10.7. The number of hydrogen-bond acceptors (Lipinski definition) is 1. The van der Waals surface area contributed by atoms with E-state index in [9.17, 15) is 0 Å². The van der Waals surface area contributed by atoms with E-state index < -0.39 is 0 Å². The van der Waals surface area contributed by atoms with Gasteiger partial charge in [0, 0.05) is 6.04 Å². The van der Waals surface area contributed by atoms with Crippen molar-refractivity contribution in [3.8, 4) is 0 Å². The molecule has 0 rings (SSSR count). The highest BCUT2D eigenvalue weighted by molar-refractivity contribution is 4.66. The molecule has 0 aromatic heterocycles. The summed E-state index contributed by atoms with van der Waals surface area (Å²) in [5, 5.41) is 3.37. The molecule has 0 aromatic rings. The molecular formula is C12H29N. The highest BCUT2D eigenvalue weighted by atomic mass is 14.9. The van der Waals surface area contributed by atoms with Crippen molar-refractivity contribution in [3.05, 3.63) is 0 Å². The minimum absolute atomic E-state index is 0.745.